The summed E-state index contributed by atoms with van der Waals surface area (Å²) in [6, 6.07) is 2.38. The SMILES string of the molecule is CC(C)CN1C(=O)NC(=N)C1c1ccc(F)c(F)c1. The quantitative estimate of drug-likeness (QED) is 0.869. The number of nitrogens with zero attached hydrogens (tertiary/aromatic N) is 1. The van der Waals surface area contributed by atoms with Gasteiger partial charge in [0.05, 0.1) is 0 Å². The molecule has 1 fully saturated rings. The predicted octanol–water partition coefficient (Wildman–Crippen LogP) is 2.66. The fraction of sp³-hybridized carbons (Fsp3) is 0.385. The van der Waals surface area contributed by atoms with Gasteiger partial charge in [0.2, 0.25) is 0 Å². The van der Waals surface area contributed by atoms with Crippen LogP contribution in [0.5, 0.6) is 0 Å². The maximum Gasteiger partial charge on any atom is 0.323 e. The van der Waals surface area contributed by atoms with Crippen molar-refractivity contribution < 1.29 is 13.6 Å². The summed E-state index contributed by atoms with van der Waals surface area (Å²) in [4.78, 5) is 13.2. The molecular formula is C13H15F2N3O. The second kappa shape index (κ2) is 4.95. The molecule has 0 spiro atoms. The number of nitrogens with one attached hydrogen (secondary N) is 2. The highest BCUT2D eigenvalue weighted by atomic mass is 19.2. The lowest BCUT2D eigenvalue weighted by Gasteiger charge is -2.24. The van der Waals surface area contributed by atoms with Gasteiger partial charge in [0.25, 0.3) is 0 Å². The molecule has 1 aromatic carbocycles. The molecule has 1 aliphatic rings. The minimum atomic E-state index is -0.978. The second-order valence-corrected chi connectivity index (χ2v) is 4.97. The summed E-state index contributed by atoms with van der Waals surface area (Å²) in [7, 11) is 0. The van der Waals surface area contributed by atoms with Crippen molar-refractivity contribution in [2.24, 2.45) is 5.92 Å². The Kier molecular flexibility index (Phi) is 3.50. The van der Waals surface area contributed by atoms with Crippen LogP contribution >= 0.6 is 0 Å². The van der Waals surface area contributed by atoms with Crippen LogP contribution in [0.3, 0.4) is 0 Å². The predicted molar refractivity (Wildman–Crippen MR) is 66.9 cm³/mol. The van der Waals surface area contributed by atoms with Crippen molar-refractivity contribution in [3.05, 3.63) is 35.4 Å². The van der Waals surface area contributed by atoms with Crippen LogP contribution in [0.25, 0.3) is 0 Å². The van der Waals surface area contributed by atoms with Crippen molar-refractivity contribution in [2.45, 2.75) is 19.9 Å². The van der Waals surface area contributed by atoms with Crippen molar-refractivity contribution in [3.63, 3.8) is 0 Å². The third-order valence-electron chi connectivity index (χ3n) is 2.91. The smallest absolute Gasteiger partial charge is 0.310 e. The molecule has 4 nitrogen and oxygen atoms in total. The van der Waals surface area contributed by atoms with Crippen LogP contribution in [0.1, 0.15) is 25.5 Å². The number of hydrogen-bond acceptors (Lipinski definition) is 2. The zero-order valence-corrected chi connectivity index (χ0v) is 10.7. The summed E-state index contributed by atoms with van der Waals surface area (Å²) >= 11 is 0. The van der Waals surface area contributed by atoms with E-state index >= 15 is 0 Å². The van der Waals surface area contributed by atoms with Gasteiger partial charge in [-0.3, -0.25) is 10.7 Å². The molecule has 0 aromatic heterocycles. The second-order valence-electron chi connectivity index (χ2n) is 4.97. The van der Waals surface area contributed by atoms with E-state index in [-0.39, 0.29) is 17.8 Å². The molecule has 1 saturated heterocycles. The summed E-state index contributed by atoms with van der Waals surface area (Å²) in [6.45, 7) is 4.33. The van der Waals surface area contributed by atoms with Crippen LogP contribution < -0.4 is 5.32 Å². The van der Waals surface area contributed by atoms with Gasteiger partial charge >= 0.3 is 6.03 Å². The van der Waals surface area contributed by atoms with Gasteiger partial charge in [0.15, 0.2) is 11.6 Å². The van der Waals surface area contributed by atoms with Crippen molar-refractivity contribution >= 4 is 11.9 Å². The monoisotopic (exact) mass is 267 g/mol. The molecule has 0 radical (unpaired) electrons. The van der Waals surface area contributed by atoms with Gasteiger partial charge in [0, 0.05) is 6.54 Å². The molecule has 0 aliphatic carbocycles. The third kappa shape index (κ3) is 2.57. The summed E-state index contributed by atoms with van der Waals surface area (Å²) in [5.74, 6) is -1.72. The molecule has 102 valence electrons. The van der Waals surface area contributed by atoms with E-state index in [0.717, 1.165) is 12.1 Å². The van der Waals surface area contributed by atoms with E-state index in [2.05, 4.69) is 5.32 Å². The van der Waals surface area contributed by atoms with Gasteiger partial charge in [-0.2, -0.15) is 0 Å². The van der Waals surface area contributed by atoms with E-state index in [1.54, 1.807) is 0 Å². The van der Waals surface area contributed by atoms with E-state index in [0.29, 0.717) is 12.1 Å². The lowest BCUT2D eigenvalue weighted by Crippen LogP contribution is -2.33. The number of urea groups is 1. The van der Waals surface area contributed by atoms with Gasteiger partial charge in [-0.15, -0.1) is 0 Å². The molecule has 2 rings (SSSR count). The number of amides is 2. The molecule has 1 aliphatic heterocycles. The Bertz CT molecular complexity index is 531. The van der Waals surface area contributed by atoms with E-state index in [1.807, 2.05) is 13.8 Å². The fourth-order valence-corrected chi connectivity index (χ4v) is 2.14. The average molecular weight is 267 g/mol. The lowest BCUT2D eigenvalue weighted by atomic mass is 10.0. The first-order chi connectivity index (χ1) is 8.90. The van der Waals surface area contributed by atoms with Gasteiger partial charge in [0.1, 0.15) is 11.9 Å². The zero-order chi connectivity index (χ0) is 14.2. The van der Waals surface area contributed by atoms with E-state index in [1.165, 1.54) is 11.0 Å². The highest BCUT2D eigenvalue weighted by Gasteiger charge is 2.37. The molecular weight excluding hydrogens is 252 g/mol. The molecule has 2 amide bonds. The Morgan fingerprint density at radius 2 is 2.05 bits per heavy atom. The topological polar surface area (TPSA) is 56.2 Å². The highest BCUT2D eigenvalue weighted by Crippen LogP contribution is 2.27. The van der Waals surface area contributed by atoms with Crippen molar-refractivity contribution in [3.8, 4) is 0 Å². The fourth-order valence-electron chi connectivity index (χ4n) is 2.14. The standard InChI is InChI=1S/C13H15F2N3O/c1-7(2)6-18-11(12(16)17-13(18)19)8-3-4-9(14)10(15)5-8/h3-5,7,11H,6H2,1-2H3,(H2,16,17,19). The Morgan fingerprint density at radius 1 is 1.37 bits per heavy atom. The van der Waals surface area contributed by atoms with E-state index in [4.69, 9.17) is 5.41 Å². The van der Waals surface area contributed by atoms with Crippen LogP contribution in [0.15, 0.2) is 18.2 Å². The maximum absolute atomic E-state index is 13.3. The minimum absolute atomic E-state index is 0.0170. The Morgan fingerprint density at radius 3 is 2.63 bits per heavy atom. The molecule has 1 unspecified atom stereocenters. The van der Waals surface area contributed by atoms with E-state index < -0.39 is 17.7 Å². The Balaban J connectivity index is 2.36. The zero-order valence-electron chi connectivity index (χ0n) is 10.7. The van der Waals surface area contributed by atoms with Crippen LogP contribution in [0, 0.1) is 23.0 Å². The summed E-state index contributed by atoms with van der Waals surface area (Å²) in [5, 5.41) is 10.2. The molecule has 19 heavy (non-hydrogen) atoms. The number of amidine groups is 1. The summed E-state index contributed by atoms with van der Waals surface area (Å²) < 4.78 is 26.2. The molecule has 6 heteroatoms. The molecule has 1 aromatic rings. The third-order valence-corrected chi connectivity index (χ3v) is 2.91. The number of rotatable bonds is 3. The van der Waals surface area contributed by atoms with E-state index in [9.17, 15) is 13.6 Å². The molecule has 0 bridgehead atoms. The van der Waals surface area contributed by atoms with Crippen molar-refractivity contribution in [1.29, 1.82) is 5.41 Å². The lowest BCUT2D eigenvalue weighted by molar-refractivity contribution is 0.198. The molecule has 2 N–H and O–H groups in total. The number of halogens is 2. The normalized spacial score (nSPS) is 19.2. The van der Waals surface area contributed by atoms with Gasteiger partial charge in [-0.25, -0.2) is 13.6 Å². The summed E-state index contributed by atoms with van der Waals surface area (Å²) in [6.07, 6.45) is 0. The van der Waals surface area contributed by atoms with Crippen molar-refractivity contribution in [1.82, 2.24) is 10.2 Å². The van der Waals surface area contributed by atoms with Crippen LogP contribution in [-0.2, 0) is 0 Å². The first-order valence-electron chi connectivity index (χ1n) is 6.01. The molecule has 1 heterocycles. The number of carbonyl (C=O) groups is 1. The number of benzene rings is 1. The summed E-state index contributed by atoms with van der Waals surface area (Å²) in [5.41, 5.74) is 0.392. The van der Waals surface area contributed by atoms with Crippen molar-refractivity contribution in [2.75, 3.05) is 6.54 Å². The van der Waals surface area contributed by atoms with Crippen LogP contribution in [0.4, 0.5) is 13.6 Å². The first kappa shape index (κ1) is 13.5. The van der Waals surface area contributed by atoms with Gasteiger partial charge in [-0.05, 0) is 23.6 Å². The minimum Gasteiger partial charge on any atom is -0.310 e. The maximum atomic E-state index is 13.3. The van der Waals surface area contributed by atoms with Crippen LogP contribution in [0.2, 0.25) is 0 Å². The van der Waals surface area contributed by atoms with Gasteiger partial charge in [-0.1, -0.05) is 19.9 Å². The first-order valence-corrected chi connectivity index (χ1v) is 6.01. The molecule has 1 atom stereocenters. The Labute approximate surface area is 109 Å². The Hall–Kier alpha value is -1.98. The number of carbonyl (C=O) groups excluding carboxylic acids is 1. The largest absolute Gasteiger partial charge is 0.323 e. The highest BCUT2D eigenvalue weighted by molar-refractivity contribution is 6.06. The van der Waals surface area contributed by atoms with Crippen LogP contribution in [-0.4, -0.2) is 23.3 Å². The molecule has 0 saturated carbocycles. The van der Waals surface area contributed by atoms with Gasteiger partial charge < -0.3 is 4.90 Å². The number of hydrogen-bond donors (Lipinski definition) is 2. The average Bonchev–Trinajstić information content (AvgIpc) is 2.57.